The van der Waals surface area contributed by atoms with Gasteiger partial charge in [0.1, 0.15) is 0 Å². The largest absolute Gasteiger partial charge is 0.296 e. The minimum absolute atomic E-state index is 0.652. The first-order chi connectivity index (χ1) is 6.92. The van der Waals surface area contributed by atoms with Gasteiger partial charge >= 0.3 is 0 Å². The van der Waals surface area contributed by atoms with Crippen LogP contribution in [0.5, 0.6) is 0 Å². The van der Waals surface area contributed by atoms with Crippen molar-refractivity contribution in [3.63, 3.8) is 0 Å². The van der Waals surface area contributed by atoms with Crippen LogP contribution in [-0.2, 0) is 0 Å². The highest BCUT2D eigenvalue weighted by Crippen LogP contribution is 2.27. The molecule has 0 spiro atoms. The molecule has 1 aliphatic heterocycles. The van der Waals surface area contributed by atoms with Crippen LogP contribution >= 0.6 is 0 Å². The van der Waals surface area contributed by atoms with Crippen molar-refractivity contribution in [3.8, 4) is 0 Å². The lowest BCUT2D eigenvalue weighted by Crippen LogP contribution is -2.24. The summed E-state index contributed by atoms with van der Waals surface area (Å²) in [6.45, 7) is 4.86. The van der Waals surface area contributed by atoms with Crippen molar-refractivity contribution < 1.29 is 0 Å². The van der Waals surface area contributed by atoms with Gasteiger partial charge in [0.05, 0.1) is 0 Å². The van der Waals surface area contributed by atoms with Gasteiger partial charge in [-0.05, 0) is 37.9 Å². The Balaban J connectivity index is 2.12. The van der Waals surface area contributed by atoms with Crippen molar-refractivity contribution in [2.45, 2.75) is 32.2 Å². The van der Waals surface area contributed by atoms with E-state index < -0.39 is 0 Å². The molecular weight excluding hydrogens is 170 g/mol. The first kappa shape index (κ1) is 9.72. The molecule has 1 atom stereocenters. The van der Waals surface area contributed by atoms with E-state index in [2.05, 4.69) is 42.2 Å². The van der Waals surface area contributed by atoms with E-state index in [1.54, 1.807) is 0 Å². The maximum Gasteiger partial charge on any atom is 0.0345 e. The van der Waals surface area contributed by atoms with Crippen LogP contribution in [0.25, 0.3) is 0 Å². The topological polar surface area (TPSA) is 3.24 Å². The lowest BCUT2D eigenvalue weighted by molar-refractivity contribution is 0.239. The van der Waals surface area contributed by atoms with Crippen molar-refractivity contribution in [2.24, 2.45) is 0 Å². The standard InChI is InChI=1S/C13H19N/c1-2-13(14-10-6-7-11-14)12-8-4-3-5-9-12/h3-5,8-9,13H,2,6-7,10-11H2,1H3/t13-/m1/s1. The zero-order valence-electron chi connectivity index (χ0n) is 8.95. The minimum atomic E-state index is 0.652. The van der Waals surface area contributed by atoms with Crippen molar-refractivity contribution in [3.05, 3.63) is 35.9 Å². The van der Waals surface area contributed by atoms with Crippen molar-refractivity contribution in [1.82, 2.24) is 4.90 Å². The Kier molecular flexibility index (Phi) is 3.20. The SMILES string of the molecule is CC[C@H](c1ccccc1)N1CCCC1. The summed E-state index contributed by atoms with van der Waals surface area (Å²) in [7, 11) is 0. The molecule has 1 saturated heterocycles. The predicted octanol–water partition coefficient (Wildman–Crippen LogP) is 3.23. The van der Waals surface area contributed by atoms with E-state index in [0.717, 1.165) is 0 Å². The number of benzene rings is 1. The van der Waals surface area contributed by atoms with Crippen LogP contribution in [0.1, 0.15) is 37.8 Å². The van der Waals surface area contributed by atoms with Crippen LogP contribution in [0, 0.1) is 0 Å². The van der Waals surface area contributed by atoms with Crippen LogP contribution in [0.2, 0.25) is 0 Å². The van der Waals surface area contributed by atoms with Gasteiger partial charge in [-0.1, -0.05) is 37.3 Å². The normalized spacial score (nSPS) is 19.8. The van der Waals surface area contributed by atoms with Crippen molar-refractivity contribution in [2.75, 3.05) is 13.1 Å². The number of nitrogens with zero attached hydrogens (tertiary/aromatic N) is 1. The molecule has 1 fully saturated rings. The van der Waals surface area contributed by atoms with E-state index in [4.69, 9.17) is 0 Å². The van der Waals surface area contributed by atoms with Gasteiger partial charge in [0.15, 0.2) is 0 Å². The summed E-state index contributed by atoms with van der Waals surface area (Å²) in [4.78, 5) is 2.62. The Morgan fingerprint density at radius 3 is 2.36 bits per heavy atom. The Hall–Kier alpha value is -0.820. The molecule has 1 nitrogen and oxygen atoms in total. The van der Waals surface area contributed by atoms with Gasteiger partial charge in [0.25, 0.3) is 0 Å². The molecule has 0 aromatic heterocycles. The molecule has 0 bridgehead atoms. The number of likely N-dealkylation sites (tertiary alicyclic amines) is 1. The quantitative estimate of drug-likeness (QED) is 0.705. The molecule has 1 heterocycles. The van der Waals surface area contributed by atoms with Crippen LogP contribution in [-0.4, -0.2) is 18.0 Å². The Bertz CT molecular complexity index is 262. The van der Waals surface area contributed by atoms with Crippen LogP contribution < -0.4 is 0 Å². The molecule has 0 radical (unpaired) electrons. The molecule has 0 aliphatic carbocycles. The van der Waals surface area contributed by atoms with E-state index in [1.807, 2.05) is 0 Å². The minimum Gasteiger partial charge on any atom is -0.296 e. The molecule has 1 heteroatoms. The highest BCUT2D eigenvalue weighted by Gasteiger charge is 2.21. The Labute approximate surface area is 86.7 Å². The van der Waals surface area contributed by atoms with E-state index in [0.29, 0.717) is 6.04 Å². The van der Waals surface area contributed by atoms with Crippen LogP contribution in [0.3, 0.4) is 0 Å². The third-order valence-corrected chi connectivity index (χ3v) is 3.15. The zero-order chi connectivity index (χ0) is 9.80. The molecule has 1 aromatic carbocycles. The fourth-order valence-electron chi connectivity index (χ4n) is 2.43. The Morgan fingerprint density at radius 1 is 1.14 bits per heavy atom. The fourth-order valence-corrected chi connectivity index (χ4v) is 2.43. The van der Waals surface area contributed by atoms with Gasteiger partial charge in [-0.2, -0.15) is 0 Å². The second-order valence-electron chi connectivity index (χ2n) is 4.08. The van der Waals surface area contributed by atoms with Gasteiger partial charge in [0, 0.05) is 6.04 Å². The molecule has 76 valence electrons. The average molecular weight is 189 g/mol. The van der Waals surface area contributed by atoms with Gasteiger partial charge in [0.2, 0.25) is 0 Å². The molecule has 0 amide bonds. The monoisotopic (exact) mass is 189 g/mol. The summed E-state index contributed by atoms with van der Waals surface area (Å²) >= 11 is 0. The van der Waals surface area contributed by atoms with Gasteiger partial charge in [-0.3, -0.25) is 4.90 Å². The van der Waals surface area contributed by atoms with E-state index >= 15 is 0 Å². The predicted molar refractivity (Wildman–Crippen MR) is 60.3 cm³/mol. The van der Waals surface area contributed by atoms with Gasteiger partial charge in [-0.25, -0.2) is 0 Å². The summed E-state index contributed by atoms with van der Waals surface area (Å²) in [6, 6.07) is 11.6. The molecule has 14 heavy (non-hydrogen) atoms. The van der Waals surface area contributed by atoms with Crippen LogP contribution in [0.15, 0.2) is 30.3 Å². The molecular formula is C13H19N. The third kappa shape index (κ3) is 1.98. The molecule has 1 aliphatic rings. The van der Waals surface area contributed by atoms with Crippen molar-refractivity contribution in [1.29, 1.82) is 0 Å². The maximum atomic E-state index is 2.62. The molecule has 0 saturated carbocycles. The lowest BCUT2D eigenvalue weighted by atomic mass is 10.0. The van der Waals surface area contributed by atoms with E-state index in [9.17, 15) is 0 Å². The summed E-state index contributed by atoms with van der Waals surface area (Å²) in [5, 5.41) is 0. The van der Waals surface area contributed by atoms with E-state index in [1.165, 1.54) is 37.9 Å². The maximum absolute atomic E-state index is 2.62. The summed E-state index contributed by atoms with van der Waals surface area (Å²) < 4.78 is 0. The van der Waals surface area contributed by atoms with Gasteiger partial charge in [-0.15, -0.1) is 0 Å². The second-order valence-corrected chi connectivity index (χ2v) is 4.08. The molecule has 0 unspecified atom stereocenters. The number of hydrogen-bond donors (Lipinski definition) is 0. The highest BCUT2D eigenvalue weighted by molar-refractivity contribution is 5.19. The fraction of sp³-hybridized carbons (Fsp3) is 0.538. The first-order valence-corrected chi connectivity index (χ1v) is 5.71. The lowest BCUT2D eigenvalue weighted by Gasteiger charge is -2.26. The summed E-state index contributed by atoms with van der Waals surface area (Å²) in [6.07, 6.45) is 3.98. The summed E-state index contributed by atoms with van der Waals surface area (Å²) in [5.41, 5.74) is 1.48. The first-order valence-electron chi connectivity index (χ1n) is 5.71. The average Bonchev–Trinajstić information content (AvgIpc) is 2.74. The van der Waals surface area contributed by atoms with Gasteiger partial charge < -0.3 is 0 Å². The summed E-state index contributed by atoms with van der Waals surface area (Å²) in [5.74, 6) is 0. The number of rotatable bonds is 3. The van der Waals surface area contributed by atoms with Crippen molar-refractivity contribution >= 4 is 0 Å². The second kappa shape index (κ2) is 4.61. The molecule has 1 aromatic rings. The third-order valence-electron chi connectivity index (χ3n) is 3.15. The number of hydrogen-bond acceptors (Lipinski definition) is 1. The highest BCUT2D eigenvalue weighted by atomic mass is 15.2. The molecule has 0 N–H and O–H groups in total. The van der Waals surface area contributed by atoms with Crippen LogP contribution in [0.4, 0.5) is 0 Å². The molecule has 2 rings (SSSR count). The Morgan fingerprint density at radius 2 is 1.79 bits per heavy atom. The van der Waals surface area contributed by atoms with E-state index in [-0.39, 0.29) is 0 Å². The zero-order valence-corrected chi connectivity index (χ0v) is 8.95. The smallest absolute Gasteiger partial charge is 0.0345 e.